The van der Waals surface area contributed by atoms with Gasteiger partial charge in [-0.2, -0.15) is 0 Å². The lowest BCUT2D eigenvalue weighted by Gasteiger charge is -2.21. The fourth-order valence-corrected chi connectivity index (χ4v) is 1.53. The second kappa shape index (κ2) is 9.12. The van der Waals surface area contributed by atoms with Crippen LogP contribution in [-0.4, -0.2) is 69.6 Å². The van der Waals surface area contributed by atoms with Crippen LogP contribution in [0.2, 0.25) is 0 Å². The summed E-state index contributed by atoms with van der Waals surface area (Å²) in [6, 6.07) is 3.41. The van der Waals surface area contributed by atoms with Crippen molar-refractivity contribution >= 4 is 11.7 Å². The van der Waals surface area contributed by atoms with Crippen molar-refractivity contribution in [3.8, 4) is 11.5 Å². The number of aliphatic hydroxyl groups excluding tert-OH is 4. The van der Waals surface area contributed by atoms with Gasteiger partial charge in [0.1, 0.15) is 36.4 Å². The van der Waals surface area contributed by atoms with Crippen molar-refractivity contribution in [2.24, 2.45) is 5.18 Å². The molecule has 0 amide bonds. The van der Waals surface area contributed by atoms with Crippen molar-refractivity contribution in [3.63, 3.8) is 0 Å². The first kappa shape index (κ1) is 18.9. The average molecular weight is 331 g/mol. The second-order valence-corrected chi connectivity index (χ2v) is 4.54. The first-order valence-electron chi connectivity index (χ1n) is 6.49. The standard InChI is InChI=1S/C13H17NO9/c15-4-10(17)13(20)11(18)5-22-6-12(19)23-7-1-2-9(16)8(3-7)14-21/h1-3,10-11,13,15-18,20H,4-6H2. The van der Waals surface area contributed by atoms with Crippen LogP contribution >= 0.6 is 0 Å². The number of nitrogens with zero attached hydrogens (tertiary/aromatic N) is 1. The zero-order valence-electron chi connectivity index (χ0n) is 11.9. The van der Waals surface area contributed by atoms with E-state index in [9.17, 15) is 25.0 Å². The molecule has 5 N–H and O–H groups in total. The molecular formula is C13H17NO9. The van der Waals surface area contributed by atoms with Crippen LogP contribution in [0.3, 0.4) is 0 Å². The molecule has 3 unspecified atom stereocenters. The summed E-state index contributed by atoms with van der Waals surface area (Å²) in [4.78, 5) is 21.9. The Kier molecular flexibility index (Phi) is 7.51. The molecule has 0 heterocycles. The number of carbonyl (C=O) groups excluding carboxylic acids is 1. The molecule has 0 aliphatic rings. The third-order valence-corrected chi connectivity index (χ3v) is 2.76. The number of aromatic hydroxyl groups is 1. The predicted molar refractivity (Wildman–Crippen MR) is 75.1 cm³/mol. The Morgan fingerprint density at radius 3 is 2.52 bits per heavy atom. The molecule has 128 valence electrons. The lowest BCUT2D eigenvalue weighted by molar-refractivity contribution is -0.143. The third-order valence-electron chi connectivity index (χ3n) is 2.76. The Morgan fingerprint density at radius 1 is 1.22 bits per heavy atom. The molecule has 0 aliphatic carbocycles. The molecule has 1 aromatic carbocycles. The van der Waals surface area contributed by atoms with E-state index in [1.165, 1.54) is 6.07 Å². The van der Waals surface area contributed by atoms with E-state index in [2.05, 4.69) is 5.18 Å². The molecule has 0 saturated carbocycles. The molecule has 0 bridgehead atoms. The van der Waals surface area contributed by atoms with Gasteiger partial charge in [-0.25, -0.2) is 4.79 Å². The number of ether oxygens (including phenoxy) is 2. The quantitative estimate of drug-likeness (QED) is 0.212. The number of hydrogen-bond acceptors (Lipinski definition) is 10. The average Bonchev–Trinajstić information content (AvgIpc) is 2.54. The van der Waals surface area contributed by atoms with E-state index in [0.29, 0.717) is 0 Å². The molecule has 1 aromatic rings. The summed E-state index contributed by atoms with van der Waals surface area (Å²) < 4.78 is 9.63. The van der Waals surface area contributed by atoms with Gasteiger partial charge in [-0.3, -0.25) is 0 Å². The van der Waals surface area contributed by atoms with Gasteiger partial charge in [0.25, 0.3) is 0 Å². The van der Waals surface area contributed by atoms with Gasteiger partial charge in [-0.05, 0) is 17.3 Å². The van der Waals surface area contributed by atoms with E-state index in [0.717, 1.165) is 12.1 Å². The van der Waals surface area contributed by atoms with Crippen LogP contribution in [-0.2, 0) is 9.53 Å². The monoisotopic (exact) mass is 331 g/mol. The van der Waals surface area contributed by atoms with Gasteiger partial charge in [-0.15, -0.1) is 4.91 Å². The fourth-order valence-electron chi connectivity index (χ4n) is 1.53. The number of rotatable bonds is 9. The topological polar surface area (TPSA) is 166 Å². The van der Waals surface area contributed by atoms with E-state index in [4.69, 9.17) is 19.7 Å². The molecule has 0 aliphatic heterocycles. The molecule has 10 heteroatoms. The van der Waals surface area contributed by atoms with Crippen molar-refractivity contribution in [2.45, 2.75) is 18.3 Å². The van der Waals surface area contributed by atoms with Gasteiger partial charge in [-0.1, -0.05) is 0 Å². The van der Waals surface area contributed by atoms with E-state index in [-0.39, 0.29) is 17.2 Å². The molecule has 3 atom stereocenters. The van der Waals surface area contributed by atoms with Gasteiger partial charge in [0.15, 0.2) is 5.69 Å². The number of carbonyl (C=O) groups is 1. The Labute approximate surface area is 130 Å². The van der Waals surface area contributed by atoms with Crippen molar-refractivity contribution in [3.05, 3.63) is 23.1 Å². The van der Waals surface area contributed by atoms with Gasteiger partial charge in [0, 0.05) is 6.07 Å². The number of phenolic OH excluding ortho intramolecular Hbond substituents is 1. The highest BCUT2D eigenvalue weighted by molar-refractivity contribution is 5.74. The van der Waals surface area contributed by atoms with E-state index in [1.807, 2.05) is 0 Å². The number of aliphatic hydroxyl groups is 4. The van der Waals surface area contributed by atoms with Crippen molar-refractivity contribution in [1.82, 2.24) is 0 Å². The summed E-state index contributed by atoms with van der Waals surface area (Å²) in [6.07, 6.45) is -4.68. The summed E-state index contributed by atoms with van der Waals surface area (Å²) in [5.74, 6) is -1.27. The molecule has 10 nitrogen and oxygen atoms in total. The fraction of sp³-hybridized carbons (Fsp3) is 0.462. The molecular weight excluding hydrogens is 314 g/mol. The SMILES string of the molecule is O=Nc1cc(OC(=O)COCC(O)C(O)C(O)CO)ccc1O. The summed E-state index contributed by atoms with van der Waals surface area (Å²) in [5, 5.41) is 48.3. The van der Waals surface area contributed by atoms with Crippen LogP contribution in [0.1, 0.15) is 0 Å². The first-order valence-corrected chi connectivity index (χ1v) is 6.49. The summed E-state index contributed by atoms with van der Waals surface area (Å²) in [5.41, 5.74) is -0.298. The van der Waals surface area contributed by atoms with Crippen LogP contribution in [0.25, 0.3) is 0 Å². The van der Waals surface area contributed by atoms with Gasteiger partial charge < -0.3 is 35.0 Å². The van der Waals surface area contributed by atoms with Crippen molar-refractivity contribution in [1.29, 1.82) is 0 Å². The number of benzene rings is 1. The van der Waals surface area contributed by atoms with Crippen LogP contribution < -0.4 is 4.74 Å². The van der Waals surface area contributed by atoms with E-state index in [1.54, 1.807) is 0 Å². The van der Waals surface area contributed by atoms with Gasteiger partial charge in [0.05, 0.1) is 13.2 Å². The number of nitroso groups, excluding NO2 is 1. The maximum Gasteiger partial charge on any atom is 0.337 e. The molecule has 1 rings (SSSR count). The smallest absolute Gasteiger partial charge is 0.337 e. The Morgan fingerprint density at radius 2 is 1.91 bits per heavy atom. The Hall–Kier alpha value is -2.11. The predicted octanol–water partition coefficient (Wildman–Crippen LogP) is -1.21. The molecule has 23 heavy (non-hydrogen) atoms. The second-order valence-electron chi connectivity index (χ2n) is 4.54. The molecule has 0 saturated heterocycles. The van der Waals surface area contributed by atoms with Crippen LogP contribution in [0, 0.1) is 4.91 Å². The van der Waals surface area contributed by atoms with E-state index >= 15 is 0 Å². The highest BCUT2D eigenvalue weighted by atomic mass is 16.6. The van der Waals surface area contributed by atoms with Crippen LogP contribution in [0.15, 0.2) is 23.4 Å². The lowest BCUT2D eigenvalue weighted by atomic mass is 10.1. The lowest BCUT2D eigenvalue weighted by Crippen LogP contribution is -2.42. The summed E-state index contributed by atoms with van der Waals surface area (Å²) in [7, 11) is 0. The maximum absolute atomic E-state index is 11.5. The minimum atomic E-state index is -1.63. The molecule has 0 radical (unpaired) electrons. The summed E-state index contributed by atoms with van der Waals surface area (Å²) >= 11 is 0. The third kappa shape index (κ3) is 5.88. The minimum absolute atomic E-state index is 0.0396. The maximum atomic E-state index is 11.5. The Balaban J connectivity index is 2.41. The highest BCUT2D eigenvalue weighted by Crippen LogP contribution is 2.30. The first-order chi connectivity index (χ1) is 10.9. The molecule has 0 fully saturated rings. The minimum Gasteiger partial charge on any atom is -0.506 e. The molecule has 0 aromatic heterocycles. The van der Waals surface area contributed by atoms with Gasteiger partial charge >= 0.3 is 5.97 Å². The van der Waals surface area contributed by atoms with Crippen LogP contribution in [0.5, 0.6) is 11.5 Å². The van der Waals surface area contributed by atoms with Gasteiger partial charge in [0.2, 0.25) is 0 Å². The highest BCUT2D eigenvalue weighted by Gasteiger charge is 2.24. The zero-order valence-corrected chi connectivity index (χ0v) is 11.9. The number of phenols is 1. The van der Waals surface area contributed by atoms with Crippen molar-refractivity contribution in [2.75, 3.05) is 19.8 Å². The number of esters is 1. The zero-order chi connectivity index (χ0) is 17.4. The van der Waals surface area contributed by atoms with Crippen molar-refractivity contribution < 1.29 is 39.8 Å². The largest absolute Gasteiger partial charge is 0.506 e. The molecule has 0 spiro atoms. The van der Waals surface area contributed by atoms with E-state index < -0.39 is 44.1 Å². The normalized spacial score (nSPS) is 14.8. The van der Waals surface area contributed by atoms with Crippen LogP contribution in [0.4, 0.5) is 5.69 Å². The number of hydrogen-bond donors (Lipinski definition) is 5. The Bertz CT molecular complexity index is 536. The summed E-state index contributed by atoms with van der Waals surface area (Å²) in [6.45, 7) is -1.80.